The number of fused-ring (bicyclic) bond motifs is 1. The summed E-state index contributed by atoms with van der Waals surface area (Å²) >= 11 is 12.5. The first-order valence-corrected chi connectivity index (χ1v) is 11.6. The molecule has 0 bridgehead atoms. The molecule has 0 aliphatic carbocycles. The smallest absolute Gasteiger partial charge is 0.410 e. The first-order chi connectivity index (χ1) is 15.2. The van der Waals surface area contributed by atoms with Gasteiger partial charge in [-0.05, 0) is 63.4 Å². The van der Waals surface area contributed by atoms with E-state index in [-0.39, 0.29) is 12.1 Å². The van der Waals surface area contributed by atoms with Crippen LogP contribution in [-0.2, 0) is 11.3 Å². The van der Waals surface area contributed by atoms with Gasteiger partial charge in [0.25, 0.3) is 0 Å². The van der Waals surface area contributed by atoms with Gasteiger partial charge in [-0.3, -0.25) is 0 Å². The van der Waals surface area contributed by atoms with Gasteiger partial charge >= 0.3 is 6.09 Å². The number of rotatable bonds is 4. The van der Waals surface area contributed by atoms with Gasteiger partial charge in [-0.1, -0.05) is 41.4 Å². The number of imidazole rings is 1. The summed E-state index contributed by atoms with van der Waals surface area (Å²) in [5, 5.41) is 4.85. The normalized spacial score (nSPS) is 15.2. The summed E-state index contributed by atoms with van der Waals surface area (Å²) in [5.41, 5.74) is 2.44. The highest BCUT2D eigenvalue weighted by atomic mass is 35.5. The lowest BCUT2D eigenvalue weighted by molar-refractivity contribution is 0.0210. The van der Waals surface area contributed by atoms with E-state index in [1.165, 1.54) is 0 Å². The average Bonchev–Trinajstić information content (AvgIpc) is 3.06. The lowest BCUT2D eigenvalue weighted by atomic mass is 10.1. The van der Waals surface area contributed by atoms with Crippen LogP contribution < -0.4 is 5.32 Å². The highest BCUT2D eigenvalue weighted by Crippen LogP contribution is 2.27. The molecule has 0 atom stereocenters. The number of nitrogens with zero attached hydrogens (tertiary/aromatic N) is 3. The van der Waals surface area contributed by atoms with Crippen molar-refractivity contribution in [2.45, 2.75) is 51.8 Å². The molecule has 32 heavy (non-hydrogen) atoms. The number of nitrogens with one attached hydrogen (secondary N) is 1. The second-order valence-corrected chi connectivity index (χ2v) is 9.98. The Hall–Kier alpha value is -2.44. The van der Waals surface area contributed by atoms with Gasteiger partial charge < -0.3 is 19.5 Å². The molecule has 0 radical (unpaired) electrons. The molecule has 0 unspecified atom stereocenters. The second kappa shape index (κ2) is 9.20. The van der Waals surface area contributed by atoms with Crippen LogP contribution in [0.5, 0.6) is 0 Å². The molecule has 1 fully saturated rings. The highest BCUT2D eigenvalue weighted by molar-refractivity contribution is 6.35. The molecule has 0 spiro atoms. The van der Waals surface area contributed by atoms with E-state index in [0.717, 1.165) is 35.4 Å². The molecule has 2 aromatic carbocycles. The van der Waals surface area contributed by atoms with Crippen molar-refractivity contribution in [1.29, 1.82) is 0 Å². The van der Waals surface area contributed by atoms with Gasteiger partial charge in [0.1, 0.15) is 5.60 Å². The zero-order valence-corrected chi connectivity index (χ0v) is 20.1. The molecule has 1 aliphatic rings. The number of hydrogen-bond donors (Lipinski definition) is 1. The number of ether oxygens (including phenoxy) is 1. The third-order valence-electron chi connectivity index (χ3n) is 5.48. The van der Waals surface area contributed by atoms with Gasteiger partial charge in [0.05, 0.1) is 17.6 Å². The van der Waals surface area contributed by atoms with E-state index in [9.17, 15) is 4.79 Å². The largest absolute Gasteiger partial charge is 0.444 e. The highest BCUT2D eigenvalue weighted by Gasteiger charge is 2.27. The number of benzene rings is 2. The SMILES string of the molecule is CC(C)(C)OC(=O)N1CCC(Nc2nc3ccccc3n2Cc2ccc(Cl)cc2Cl)CC1. The van der Waals surface area contributed by atoms with Gasteiger partial charge in [-0.25, -0.2) is 9.78 Å². The van der Waals surface area contributed by atoms with Crippen molar-refractivity contribution < 1.29 is 9.53 Å². The molecule has 2 heterocycles. The van der Waals surface area contributed by atoms with Crippen molar-refractivity contribution in [2.24, 2.45) is 0 Å². The first-order valence-electron chi connectivity index (χ1n) is 10.8. The van der Waals surface area contributed by atoms with E-state index in [0.29, 0.717) is 29.7 Å². The number of hydrogen-bond acceptors (Lipinski definition) is 4. The molecular formula is C24H28Cl2N4O2. The molecular weight excluding hydrogens is 447 g/mol. The molecule has 4 rings (SSSR count). The van der Waals surface area contributed by atoms with E-state index < -0.39 is 5.60 Å². The summed E-state index contributed by atoms with van der Waals surface area (Å²) in [4.78, 5) is 19.0. The molecule has 1 aliphatic heterocycles. The van der Waals surface area contributed by atoms with Crippen LogP contribution in [0.2, 0.25) is 10.0 Å². The standard InChI is InChI=1S/C24H28Cl2N4O2/c1-24(2,3)32-23(31)29-12-10-18(11-13-29)27-22-28-20-6-4-5-7-21(20)30(22)15-16-8-9-17(25)14-19(16)26/h4-9,14,18H,10-13,15H2,1-3H3,(H,27,28). The summed E-state index contributed by atoms with van der Waals surface area (Å²) in [5.74, 6) is 0.799. The minimum Gasteiger partial charge on any atom is -0.444 e. The Balaban J connectivity index is 1.50. The molecule has 1 aromatic heterocycles. The van der Waals surface area contributed by atoms with E-state index in [2.05, 4.69) is 16.0 Å². The molecule has 1 N–H and O–H groups in total. The van der Waals surface area contributed by atoms with Crippen molar-refractivity contribution in [3.05, 3.63) is 58.1 Å². The number of anilines is 1. The molecule has 6 nitrogen and oxygen atoms in total. The Bertz CT molecular complexity index is 1110. The van der Waals surface area contributed by atoms with Crippen LogP contribution in [0.25, 0.3) is 11.0 Å². The fourth-order valence-corrected chi connectivity index (χ4v) is 4.35. The number of para-hydroxylation sites is 2. The van der Waals surface area contributed by atoms with Gasteiger partial charge in [0.15, 0.2) is 0 Å². The summed E-state index contributed by atoms with van der Waals surface area (Å²) in [6.45, 7) is 7.53. The maximum absolute atomic E-state index is 12.4. The van der Waals surface area contributed by atoms with Crippen LogP contribution in [-0.4, -0.2) is 45.3 Å². The fourth-order valence-electron chi connectivity index (χ4n) is 3.88. The monoisotopic (exact) mass is 474 g/mol. The molecule has 3 aromatic rings. The maximum atomic E-state index is 12.4. The Morgan fingerprint density at radius 3 is 2.56 bits per heavy atom. The summed E-state index contributed by atoms with van der Waals surface area (Å²) in [7, 11) is 0. The van der Waals surface area contributed by atoms with Crippen molar-refractivity contribution in [2.75, 3.05) is 18.4 Å². The predicted molar refractivity (Wildman–Crippen MR) is 130 cm³/mol. The van der Waals surface area contributed by atoms with Crippen molar-refractivity contribution >= 4 is 46.3 Å². The lowest BCUT2D eigenvalue weighted by Gasteiger charge is -2.34. The Morgan fingerprint density at radius 1 is 1.16 bits per heavy atom. The number of aromatic nitrogens is 2. The maximum Gasteiger partial charge on any atom is 0.410 e. The second-order valence-electron chi connectivity index (χ2n) is 9.13. The fraction of sp³-hybridized carbons (Fsp3) is 0.417. The minimum absolute atomic E-state index is 0.213. The third kappa shape index (κ3) is 5.30. The Labute approximate surface area is 198 Å². The third-order valence-corrected chi connectivity index (χ3v) is 6.06. The Morgan fingerprint density at radius 2 is 1.88 bits per heavy atom. The number of carbonyl (C=O) groups is 1. The quantitative estimate of drug-likeness (QED) is 0.488. The van der Waals surface area contributed by atoms with Crippen molar-refractivity contribution in [1.82, 2.24) is 14.5 Å². The van der Waals surface area contributed by atoms with Crippen LogP contribution in [0.15, 0.2) is 42.5 Å². The zero-order chi connectivity index (χ0) is 22.9. The van der Waals surface area contributed by atoms with Gasteiger partial charge in [0.2, 0.25) is 5.95 Å². The van der Waals surface area contributed by atoms with E-state index >= 15 is 0 Å². The number of halogens is 2. The van der Waals surface area contributed by atoms with Crippen LogP contribution in [0, 0.1) is 0 Å². The average molecular weight is 475 g/mol. The van der Waals surface area contributed by atoms with Gasteiger partial charge in [0, 0.05) is 29.2 Å². The zero-order valence-electron chi connectivity index (χ0n) is 18.6. The summed E-state index contributed by atoms with van der Waals surface area (Å²) < 4.78 is 7.65. The number of carbonyl (C=O) groups excluding carboxylic acids is 1. The van der Waals surface area contributed by atoms with E-state index in [4.69, 9.17) is 32.9 Å². The number of amides is 1. The van der Waals surface area contributed by atoms with Gasteiger partial charge in [-0.2, -0.15) is 0 Å². The number of piperidine rings is 1. The lowest BCUT2D eigenvalue weighted by Crippen LogP contribution is -2.44. The predicted octanol–water partition coefficient (Wildman–Crippen LogP) is 6.20. The minimum atomic E-state index is -0.486. The van der Waals surface area contributed by atoms with Gasteiger partial charge in [-0.15, -0.1) is 0 Å². The van der Waals surface area contributed by atoms with Crippen LogP contribution in [0.1, 0.15) is 39.2 Å². The topological polar surface area (TPSA) is 59.4 Å². The molecule has 0 saturated carbocycles. The van der Waals surface area contributed by atoms with Crippen molar-refractivity contribution in [3.8, 4) is 0 Å². The first kappa shape index (κ1) is 22.7. The van der Waals surface area contributed by atoms with Crippen LogP contribution in [0.4, 0.5) is 10.7 Å². The molecule has 170 valence electrons. The molecule has 1 saturated heterocycles. The van der Waals surface area contributed by atoms with Crippen molar-refractivity contribution in [3.63, 3.8) is 0 Å². The summed E-state index contributed by atoms with van der Waals surface area (Å²) in [6, 6.07) is 13.8. The van der Waals surface area contributed by atoms with E-state index in [1.54, 1.807) is 11.0 Å². The molecule has 8 heteroatoms. The number of likely N-dealkylation sites (tertiary alicyclic amines) is 1. The Kier molecular flexibility index (Phi) is 6.54. The molecule has 1 amide bonds. The van der Waals surface area contributed by atoms with Crippen LogP contribution >= 0.6 is 23.2 Å². The van der Waals surface area contributed by atoms with Crippen LogP contribution in [0.3, 0.4) is 0 Å². The van der Waals surface area contributed by atoms with E-state index in [1.807, 2.05) is 51.1 Å². The summed E-state index contributed by atoms with van der Waals surface area (Å²) in [6.07, 6.45) is 1.40.